The van der Waals surface area contributed by atoms with Gasteiger partial charge in [0, 0.05) is 6.04 Å². The molecule has 13 heavy (non-hydrogen) atoms. The van der Waals surface area contributed by atoms with Gasteiger partial charge in [0.1, 0.15) is 0 Å². The first-order chi connectivity index (χ1) is 6.26. The SMILES string of the molecule is C=CC.C=CC(CC)NCC.CC. The first-order valence-corrected chi connectivity index (χ1v) is 5.19. The third-order valence-electron chi connectivity index (χ3n) is 1.19. The highest BCUT2D eigenvalue weighted by atomic mass is 14.9. The zero-order chi connectivity index (χ0) is 11.1. The molecule has 0 aromatic rings. The summed E-state index contributed by atoms with van der Waals surface area (Å²) in [5, 5.41) is 3.26. The van der Waals surface area contributed by atoms with Gasteiger partial charge in [-0.2, -0.15) is 0 Å². The summed E-state index contributed by atoms with van der Waals surface area (Å²) in [4.78, 5) is 0. The molecule has 0 rings (SSSR count). The van der Waals surface area contributed by atoms with Crippen molar-refractivity contribution in [2.45, 2.75) is 47.1 Å². The van der Waals surface area contributed by atoms with Gasteiger partial charge in [-0.1, -0.05) is 39.8 Å². The lowest BCUT2D eigenvalue weighted by atomic mass is 10.2. The van der Waals surface area contributed by atoms with Gasteiger partial charge in [-0.25, -0.2) is 0 Å². The quantitative estimate of drug-likeness (QED) is 0.657. The molecule has 0 bridgehead atoms. The van der Waals surface area contributed by atoms with E-state index in [-0.39, 0.29) is 0 Å². The first-order valence-electron chi connectivity index (χ1n) is 5.19. The summed E-state index contributed by atoms with van der Waals surface area (Å²) in [7, 11) is 0. The second-order valence-electron chi connectivity index (χ2n) is 2.22. The predicted molar refractivity (Wildman–Crippen MR) is 65.2 cm³/mol. The summed E-state index contributed by atoms with van der Waals surface area (Å²) in [5.41, 5.74) is 0. The number of hydrogen-bond acceptors (Lipinski definition) is 1. The maximum absolute atomic E-state index is 3.69. The molecule has 1 heteroatoms. The number of likely N-dealkylation sites (N-methyl/N-ethyl adjacent to an activating group) is 1. The van der Waals surface area contributed by atoms with E-state index in [1.807, 2.05) is 26.8 Å². The molecular formula is C12H27N. The molecule has 0 saturated carbocycles. The number of hydrogen-bond donors (Lipinski definition) is 1. The summed E-state index contributed by atoms with van der Waals surface area (Å²) in [6.45, 7) is 18.2. The van der Waals surface area contributed by atoms with Crippen LogP contribution in [0.15, 0.2) is 25.3 Å². The molecule has 0 heterocycles. The highest BCUT2D eigenvalue weighted by Crippen LogP contribution is 1.88. The fourth-order valence-electron chi connectivity index (χ4n) is 0.657. The van der Waals surface area contributed by atoms with E-state index in [4.69, 9.17) is 0 Å². The van der Waals surface area contributed by atoms with Crippen LogP contribution in [0.5, 0.6) is 0 Å². The fraction of sp³-hybridized carbons (Fsp3) is 0.667. The standard InChI is InChI=1S/C7H15N.C3H6.C2H6/c1-4-7(5-2)8-6-3;1-3-2;1-2/h4,7-8H,1,5-6H2,2-3H3;3H,1H2,2H3;1-2H3. The lowest BCUT2D eigenvalue weighted by molar-refractivity contribution is 0.600. The van der Waals surface area contributed by atoms with Crippen LogP contribution in [0.1, 0.15) is 41.0 Å². The molecule has 0 aromatic carbocycles. The van der Waals surface area contributed by atoms with Crippen molar-refractivity contribution in [3.8, 4) is 0 Å². The van der Waals surface area contributed by atoms with Crippen LogP contribution in [0, 0.1) is 0 Å². The second kappa shape index (κ2) is 22.5. The molecule has 0 radical (unpaired) electrons. The monoisotopic (exact) mass is 185 g/mol. The molecular weight excluding hydrogens is 158 g/mol. The maximum Gasteiger partial charge on any atom is 0.0244 e. The van der Waals surface area contributed by atoms with E-state index in [1.54, 1.807) is 6.08 Å². The fourth-order valence-corrected chi connectivity index (χ4v) is 0.657. The van der Waals surface area contributed by atoms with Gasteiger partial charge in [-0.15, -0.1) is 13.2 Å². The normalized spacial score (nSPS) is 9.62. The van der Waals surface area contributed by atoms with Crippen molar-refractivity contribution in [3.63, 3.8) is 0 Å². The average Bonchev–Trinajstić information content (AvgIpc) is 2.18. The van der Waals surface area contributed by atoms with Gasteiger partial charge < -0.3 is 5.32 Å². The van der Waals surface area contributed by atoms with E-state index in [0.717, 1.165) is 13.0 Å². The van der Waals surface area contributed by atoms with Crippen molar-refractivity contribution >= 4 is 0 Å². The third kappa shape index (κ3) is 24.6. The van der Waals surface area contributed by atoms with Gasteiger partial charge in [0.05, 0.1) is 0 Å². The smallest absolute Gasteiger partial charge is 0.0244 e. The molecule has 0 aromatic heterocycles. The molecule has 80 valence electrons. The molecule has 1 atom stereocenters. The van der Waals surface area contributed by atoms with Crippen LogP contribution < -0.4 is 5.32 Å². The molecule has 1 N–H and O–H groups in total. The Morgan fingerprint density at radius 3 is 1.69 bits per heavy atom. The number of allylic oxidation sites excluding steroid dienone is 1. The minimum Gasteiger partial charge on any atom is -0.311 e. The minimum absolute atomic E-state index is 0.514. The van der Waals surface area contributed by atoms with Crippen molar-refractivity contribution in [3.05, 3.63) is 25.3 Å². The van der Waals surface area contributed by atoms with E-state index in [9.17, 15) is 0 Å². The molecule has 0 fully saturated rings. The number of nitrogens with one attached hydrogen (secondary N) is 1. The topological polar surface area (TPSA) is 12.0 Å². The van der Waals surface area contributed by atoms with Gasteiger partial charge in [0.2, 0.25) is 0 Å². The Balaban J connectivity index is -0.000000169. The Hall–Kier alpha value is -0.560. The summed E-state index contributed by atoms with van der Waals surface area (Å²) in [5.74, 6) is 0. The van der Waals surface area contributed by atoms with E-state index in [1.165, 1.54) is 0 Å². The highest BCUT2D eigenvalue weighted by Gasteiger charge is 1.93. The summed E-state index contributed by atoms with van der Waals surface area (Å²) in [6, 6.07) is 0.514. The molecule has 0 saturated heterocycles. The Bertz CT molecular complexity index is 87.1. The van der Waals surface area contributed by atoms with Gasteiger partial charge in [0.15, 0.2) is 0 Å². The molecule has 0 aliphatic rings. The van der Waals surface area contributed by atoms with Crippen LogP contribution in [0.3, 0.4) is 0 Å². The largest absolute Gasteiger partial charge is 0.311 e. The van der Waals surface area contributed by atoms with E-state index < -0.39 is 0 Å². The Labute approximate surface area is 84.9 Å². The van der Waals surface area contributed by atoms with Crippen molar-refractivity contribution in [2.24, 2.45) is 0 Å². The van der Waals surface area contributed by atoms with Crippen LogP contribution in [0.2, 0.25) is 0 Å². The van der Waals surface area contributed by atoms with Crippen LogP contribution in [0.4, 0.5) is 0 Å². The van der Waals surface area contributed by atoms with Crippen molar-refractivity contribution < 1.29 is 0 Å². The van der Waals surface area contributed by atoms with Gasteiger partial charge in [-0.05, 0) is 19.9 Å². The van der Waals surface area contributed by atoms with Crippen LogP contribution in [-0.2, 0) is 0 Å². The molecule has 0 spiro atoms. The van der Waals surface area contributed by atoms with Crippen molar-refractivity contribution in [1.82, 2.24) is 5.32 Å². The molecule has 1 unspecified atom stereocenters. The minimum atomic E-state index is 0.514. The predicted octanol–water partition coefficient (Wildman–Crippen LogP) is 3.78. The highest BCUT2D eigenvalue weighted by molar-refractivity contribution is 4.83. The Morgan fingerprint density at radius 1 is 1.23 bits per heavy atom. The summed E-state index contributed by atoms with van der Waals surface area (Å²) < 4.78 is 0. The Kier molecular flexibility index (Phi) is 31.7. The molecule has 0 aliphatic heterocycles. The van der Waals surface area contributed by atoms with Crippen molar-refractivity contribution in [2.75, 3.05) is 6.54 Å². The van der Waals surface area contributed by atoms with Gasteiger partial charge >= 0.3 is 0 Å². The number of rotatable bonds is 4. The van der Waals surface area contributed by atoms with E-state index >= 15 is 0 Å². The van der Waals surface area contributed by atoms with Gasteiger partial charge in [-0.3, -0.25) is 0 Å². The zero-order valence-corrected chi connectivity index (χ0v) is 10.1. The average molecular weight is 185 g/mol. The zero-order valence-electron chi connectivity index (χ0n) is 10.1. The molecule has 0 aliphatic carbocycles. The van der Waals surface area contributed by atoms with E-state index in [2.05, 4.69) is 32.3 Å². The van der Waals surface area contributed by atoms with Crippen LogP contribution >= 0.6 is 0 Å². The summed E-state index contributed by atoms with van der Waals surface area (Å²) in [6.07, 6.45) is 4.83. The lowest BCUT2D eigenvalue weighted by Crippen LogP contribution is -2.25. The Morgan fingerprint density at radius 2 is 1.62 bits per heavy atom. The first kappa shape index (κ1) is 18.3. The second-order valence-corrected chi connectivity index (χ2v) is 2.22. The van der Waals surface area contributed by atoms with Gasteiger partial charge in [0.25, 0.3) is 0 Å². The summed E-state index contributed by atoms with van der Waals surface area (Å²) >= 11 is 0. The van der Waals surface area contributed by atoms with Crippen molar-refractivity contribution in [1.29, 1.82) is 0 Å². The lowest BCUT2D eigenvalue weighted by Gasteiger charge is -2.08. The molecule has 1 nitrogen and oxygen atoms in total. The third-order valence-corrected chi connectivity index (χ3v) is 1.19. The van der Waals surface area contributed by atoms with Crippen LogP contribution in [-0.4, -0.2) is 12.6 Å². The van der Waals surface area contributed by atoms with Crippen LogP contribution in [0.25, 0.3) is 0 Å². The van der Waals surface area contributed by atoms with E-state index in [0.29, 0.717) is 6.04 Å². The maximum atomic E-state index is 3.69. The molecule has 0 amide bonds.